The number of halogens is 4. The van der Waals surface area contributed by atoms with Gasteiger partial charge in [-0.05, 0) is 44.1 Å². The molecule has 6 nitrogen and oxygen atoms in total. The Balaban J connectivity index is 2.45. The highest BCUT2D eigenvalue weighted by Crippen LogP contribution is 2.46. The fraction of sp³-hybridized carbons (Fsp3) is 0.286. The van der Waals surface area contributed by atoms with Crippen LogP contribution in [-0.4, -0.2) is 24.4 Å². The van der Waals surface area contributed by atoms with Crippen molar-refractivity contribution in [3.05, 3.63) is 64.4 Å². The van der Waals surface area contributed by atoms with Gasteiger partial charge in [-0.3, -0.25) is 9.59 Å². The summed E-state index contributed by atoms with van der Waals surface area (Å²) in [4.78, 5) is 23.3. The van der Waals surface area contributed by atoms with Gasteiger partial charge in [0.25, 0.3) is 5.91 Å². The Kier molecular flexibility index (Phi) is 4.41. The lowest BCUT2D eigenvalue weighted by atomic mass is 9.99. The molecule has 1 heterocycles. The van der Waals surface area contributed by atoms with Crippen molar-refractivity contribution in [1.29, 1.82) is 5.26 Å². The molecular weight excluding hydrogens is 448 g/mol. The van der Waals surface area contributed by atoms with E-state index in [1.54, 1.807) is 0 Å². The lowest BCUT2D eigenvalue weighted by Gasteiger charge is -2.41. The summed E-state index contributed by atoms with van der Waals surface area (Å²) in [6.07, 6.45) is -5.19. The van der Waals surface area contributed by atoms with Crippen LogP contribution in [0.4, 0.5) is 23.2 Å². The van der Waals surface area contributed by atoms with E-state index in [1.807, 2.05) is 0 Å². The Hall–Kier alpha value is -3.26. The normalized spacial score (nSPS) is 21.7. The van der Waals surface area contributed by atoms with Crippen LogP contribution in [0.15, 0.2) is 36.3 Å². The van der Waals surface area contributed by atoms with E-state index in [9.17, 15) is 22.8 Å². The van der Waals surface area contributed by atoms with Crippen LogP contribution in [0.3, 0.4) is 0 Å². The molecule has 11 heteroatoms. The molecule has 1 aliphatic heterocycles. The van der Waals surface area contributed by atoms with Gasteiger partial charge < -0.3 is 15.5 Å². The number of nitrogens with one attached hydrogen (secondary N) is 2. The molecule has 1 saturated heterocycles. The minimum absolute atomic E-state index is 0.558. The van der Waals surface area contributed by atoms with Crippen molar-refractivity contribution in [2.75, 3.05) is 11.9 Å². The van der Waals surface area contributed by atoms with E-state index in [-0.39, 0.29) is 0 Å². The third-order valence-corrected chi connectivity index (χ3v) is 5.41. The lowest BCUT2D eigenvalue weighted by molar-refractivity contribution is -0.137. The largest absolute Gasteiger partial charge is 0.417 e. The number of benzene rings is 2. The van der Waals surface area contributed by atoms with Gasteiger partial charge >= 0.3 is 6.18 Å². The maximum atomic E-state index is 15.1. The summed E-state index contributed by atoms with van der Waals surface area (Å²) in [5.41, 5.74) is -6.57. The van der Waals surface area contributed by atoms with Crippen molar-refractivity contribution in [3.63, 3.8) is 0 Å². The number of hydrogen-bond donors (Lipinski definition) is 3. The molecule has 2 aromatic rings. The van der Waals surface area contributed by atoms with Gasteiger partial charge in [0.15, 0.2) is 4.99 Å². The Labute approximate surface area is 192 Å². The van der Waals surface area contributed by atoms with Gasteiger partial charge in [-0.25, -0.2) is 4.39 Å². The molecule has 1 atom stereocenters. The van der Waals surface area contributed by atoms with Crippen LogP contribution in [0, 0.1) is 17.1 Å². The predicted molar refractivity (Wildman–Crippen MR) is 111 cm³/mol. The van der Waals surface area contributed by atoms with E-state index in [4.69, 9.17) is 10.7 Å². The van der Waals surface area contributed by atoms with Crippen LogP contribution in [-0.2, 0) is 16.0 Å². The van der Waals surface area contributed by atoms with E-state index in [1.165, 1.54) is 27.0 Å². The molecule has 1 fully saturated rings. The molecule has 2 N–H and O–H groups in total. The first-order valence-corrected chi connectivity index (χ1v) is 9.38. The van der Waals surface area contributed by atoms with Crippen LogP contribution >= 0.6 is 12.6 Å². The van der Waals surface area contributed by atoms with Crippen molar-refractivity contribution >= 4 is 30.1 Å². The zero-order valence-electron chi connectivity index (χ0n) is 20.8. The monoisotopic (exact) mass is 470 g/mol. The first-order valence-electron chi connectivity index (χ1n) is 10.9. The van der Waals surface area contributed by atoms with Crippen LogP contribution < -0.4 is 15.5 Å². The average Bonchev–Trinajstić information content (AvgIpc) is 2.93. The van der Waals surface area contributed by atoms with E-state index in [2.05, 4.69) is 23.3 Å². The summed E-state index contributed by atoms with van der Waals surface area (Å²) >= 11 is 4.34. The molecule has 168 valence electrons. The SMILES string of the molecule is [2H]c1cc(C(=O)NC)c(F)c([2H])c1N1C(C)(C)C(=O)NC1(S)c1c([2H])cc(C#N)c(C(F)(F)F)c1[2H]. The van der Waals surface area contributed by atoms with Gasteiger partial charge in [-0.2, -0.15) is 18.4 Å². The van der Waals surface area contributed by atoms with E-state index in [0.29, 0.717) is 6.07 Å². The number of thiol groups is 1. The van der Waals surface area contributed by atoms with Crippen LogP contribution in [0.2, 0.25) is 0 Å². The number of carbonyl (C=O) groups is 2. The maximum absolute atomic E-state index is 15.1. The number of amides is 2. The topological polar surface area (TPSA) is 85.2 Å². The molecule has 0 saturated carbocycles. The Bertz CT molecular complexity index is 1360. The van der Waals surface area contributed by atoms with E-state index in [0.717, 1.165) is 11.0 Å². The first-order chi connectivity index (χ1) is 16.4. The minimum Gasteiger partial charge on any atom is -0.355 e. The van der Waals surface area contributed by atoms with Gasteiger partial charge in [-0.1, -0.05) is 6.04 Å². The van der Waals surface area contributed by atoms with Crippen molar-refractivity contribution < 1.29 is 32.6 Å². The third-order valence-electron chi connectivity index (χ3n) is 4.87. The number of rotatable bonds is 3. The molecule has 1 aliphatic rings. The molecule has 1 unspecified atom stereocenters. The smallest absolute Gasteiger partial charge is 0.355 e. The fourth-order valence-corrected chi connectivity index (χ4v) is 3.84. The predicted octanol–water partition coefficient (Wildman–Crippen LogP) is 3.53. The second kappa shape index (κ2) is 7.70. The average molecular weight is 470 g/mol. The second-order valence-electron chi connectivity index (χ2n) is 7.28. The summed E-state index contributed by atoms with van der Waals surface area (Å²) in [7, 11) is 1.20. The summed E-state index contributed by atoms with van der Waals surface area (Å²) < 4.78 is 89.7. The van der Waals surface area contributed by atoms with Crippen LogP contribution in [0.5, 0.6) is 0 Å². The lowest BCUT2D eigenvalue weighted by Crippen LogP contribution is -2.50. The van der Waals surface area contributed by atoms with Gasteiger partial charge in [0.05, 0.1) is 28.2 Å². The minimum atomic E-state index is -5.19. The van der Waals surface area contributed by atoms with Crippen molar-refractivity contribution in [1.82, 2.24) is 10.6 Å². The van der Waals surface area contributed by atoms with Crippen LogP contribution in [0.1, 0.15) is 46.4 Å². The van der Waals surface area contributed by atoms with Crippen molar-refractivity contribution in [2.45, 2.75) is 30.6 Å². The summed E-state index contributed by atoms with van der Waals surface area (Å²) in [5, 5.41) is 13.6. The first kappa shape index (κ1) is 18.3. The van der Waals surface area contributed by atoms with Gasteiger partial charge in [-0.15, -0.1) is 12.6 Å². The number of hydrogen-bond acceptors (Lipinski definition) is 5. The van der Waals surface area contributed by atoms with Gasteiger partial charge in [0.1, 0.15) is 11.4 Å². The Morgan fingerprint density at radius 3 is 2.53 bits per heavy atom. The Morgan fingerprint density at radius 2 is 1.97 bits per heavy atom. The molecule has 0 aliphatic carbocycles. The fourth-order valence-electron chi connectivity index (χ4n) is 3.26. The number of nitrogens with zero attached hydrogens (tertiary/aromatic N) is 2. The highest BCUT2D eigenvalue weighted by Gasteiger charge is 2.55. The maximum Gasteiger partial charge on any atom is 0.417 e. The number of alkyl halides is 3. The third kappa shape index (κ3) is 3.64. The second-order valence-corrected chi connectivity index (χ2v) is 7.92. The Morgan fingerprint density at radius 1 is 1.31 bits per heavy atom. The van der Waals surface area contributed by atoms with E-state index >= 15 is 4.39 Å². The summed E-state index contributed by atoms with van der Waals surface area (Å²) in [5.74, 6) is -3.21. The highest BCUT2D eigenvalue weighted by atomic mass is 32.1. The molecule has 2 aromatic carbocycles. The number of anilines is 1. The zero-order chi connectivity index (χ0) is 27.5. The molecule has 0 spiro atoms. The van der Waals surface area contributed by atoms with Gasteiger partial charge in [0, 0.05) is 18.3 Å². The van der Waals surface area contributed by atoms with Gasteiger partial charge in [0.2, 0.25) is 5.91 Å². The standard InChI is InChI=1S/C21H18F4N4O2S/c1-19(2)18(31)28-21(32,12-5-4-11(10-26)15(8-12)20(23,24)25)29(19)13-6-7-14(16(22)9-13)17(30)27-3/h4-9,32H,1-3H3,(H,27,30)(H,28,31)/i5D,6D,8D,9D. The number of carbonyl (C=O) groups excluding carboxylic acids is 2. The molecule has 0 bridgehead atoms. The number of nitriles is 1. The zero-order valence-corrected chi connectivity index (χ0v) is 17.7. The molecule has 2 amide bonds. The quantitative estimate of drug-likeness (QED) is 0.473. The molecule has 3 rings (SSSR count). The summed E-state index contributed by atoms with van der Waals surface area (Å²) in [6, 6.07) is -1.17. The van der Waals surface area contributed by atoms with Crippen LogP contribution in [0.25, 0.3) is 0 Å². The molecule has 0 aromatic heterocycles. The highest BCUT2D eigenvalue weighted by molar-refractivity contribution is 7.81. The molecule has 0 radical (unpaired) electrons. The van der Waals surface area contributed by atoms with E-state index < -0.39 is 86.5 Å². The summed E-state index contributed by atoms with van der Waals surface area (Å²) in [6.45, 7) is 2.51. The van der Waals surface area contributed by atoms with Crippen molar-refractivity contribution in [2.24, 2.45) is 0 Å². The van der Waals surface area contributed by atoms with Crippen molar-refractivity contribution in [3.8, 4) is 6.07 Å². The molecule has 32 heavy (non-hydrogen) atoms. The molecular formula is C21H18F4N4O2S.